The molecule has 0 atom stereocenters. The van der Waals surface area contributed by atoms with Crippen LogP contribution in [0.3, 0.4) is 0 Å². The van der Waals surface area contributed by atoms with Gasteiger partial charge in [0.05, 0.1) is 6.54 Å². The summed E-state index contributed by atoms with van der Waals surface area (Å²) in [6.07, 6.45) is 5.00. The zero-order chi connectivity index (χ0) is 18.9. The van der Waals surface area contributed by atoms with Gasteiger partial charge in [0.25, 0.3) is 0 Å². The van der Waals surface area contributed by atoms with E-state index >= 15 is 0 Å². The van der Waals surface area contributed by atoms with Crippen LogP contribution in [0.4, 0.5) is 5.82 Å². The molecule has 27 heavy (non-hydrogen) atoms. The van der Waals surface area contributed by atoms with Gasteiger partial charge in [-0.1, -0.05) is 36.4 Å². The molecule has 0 spiro atoms. The largest absolute Gasteiger partial charge is 0.370 e. The van der Waals surface area contributed by atoms with Crippen LogP contribution in [0.15, 0.2) is 48.7 Å². The molecule has 2 N–H and O–H groups in total. The van der Waals surface area contributed by atoms with Gasteiger partial charge >= 0.3 is 0 Å². The van der Waals surface area contributed by atoms with Crippen molar-refractivity contribution in [3.05, 3.63) is 59.8 Å². The lowest BCUT2D eigenvalue weighted by Crippen LogP contribution is -2.41. The van der Waals surface area contributed by atoms with E-state index in [4.69, 9.17) is 0 Å². The summed E-state index contributed by atoms with van der Waals surface area (Å²) in [5.41, 5.74) is 2.58. The number of aromatic nitrogens is 1. The normalized spacial score (nSPS) is 15.4. The second-order valence-electron chi connectivity index (χ2n) is 7.31. The Bertz CT molecular complexity index is 694. The number of hydrogen-bond donors (Lipinski definition) is 2. The maximum Gasteiger partial charge on any atom is 0.234 e. The Morgan fingerprint density at radius 3 is 2.59 bits per heavy atom. The van der Waals surface area contributed by atoms with Gasteiger partial charge in [-0.2, -0.15) is 0 Å². The molecule has 0 saturated carbocycles. The van der Waals surface area contributed by atoms with E-state index in [1.165, 1.54) is 5.56 Å². The number of aryl methyl sites for hydroxylation is 1. The summed E-state index contributed by atoms with van der Waals surface area (Å²) in [6, 6.07) is 14.7. The topological polar surface area (TPSA) is 57.3 Å². The van der Waals surface area contributed by atoms with Crippen LogP contribution < -0.4 is 10.6 Å². The van der Waals surface area contributed by atoms with Crippen LogP contribution in [-0.2, 0) is 4.79 Å². The van der Waals surface area contributed by atoms with Crippen LogP contribution >= 0.6 is 0 Å². The van der Waals surface area contributed by atoms with Crippen molar-refractivity contribution < 1.29 is 4.79 Å². The minimum Gasteiger partial charge on any atom is -0.370 e. The Hall–Kier alpha value is -2.40. The summed E-state index contributed by atoms with van der Waals surface area (Å²) in [4.78, 5) is 18.7. The average Bonchev–Trinajstić information content (AvgIpc) is 2.70. The number of likely N-dealkylation sites (tertiary alicyclic amines) is 1. The minimum atomic E-state index is 0.127. The van der Waals surface area contributed by atoms with E-state index < -0.39 is 0 Å². The molecule has 0 bridgehead atoms. The zero-order valence-electron chi connectivity index (χ0n) is 16.2. The molecule has 5 heteroatoms. The van der Waals surface area contributed by atoms with E-state index in [0.29, 0.717) is 19.0 Å². The summed E-state index contributed by atoms with van der Waals surface area (Å²) < 4.78 is 0. The number of anilines is 1. The molecule has 3 rings (SSSR count). The van der Waals surface area contributed by atoms with Crippen LogP contribution in [-0.4, -0.2) is 48.5 Å². The molecule has 2 aromatic rings. The summed E-state index contributed by atoms with van der Waals surface area (Å²) in [5.74, 6) is 1.64. The van der Waals surface area contributed by atoms with E-state index in [2.05, 4.69) is 50.8 Å². The van der Waals surface area contributed by atoms with E-state index in [-0.39, 0.29) is 5.91 Å². The number of nitrogens with one attached hydrogen (secondary N) is 2. The van der Waals surface area contributed by atoms with Crippen LogP contribution in [0.25, 0.3) is 0 Å². The third kappa shape index (κ3) is 6.36. The Morgan fingerprint density at radius 2 is 1.89 bits per heavy atom. The maximum absolute atomic E-state index is 12.1. The number of pyridine rings is 1. The van der Waals surface area contributed by atoms with Crippen molar-refractivity contribution in [2.75, 3.05) is 38.0 Å². The van der Waals surface area contributed by atoms with Gasteiger partial charge in [-0.25, -0.2) is 4.98 Å². The molecule has 1 amide bonds. The predicted molar refractivity (Wildman–Crippen MR) is 110 cm³/mol. The van der Waals surface area contributed by atoms with E-state index in [1.807, 2.05) is 25.3 Å². The van der Waals surface area contributed by atoms with Gasteiger partial charge in [-0.3, -0.25) is 9.69 Å². The average molecular weight is 367 g/mol. The third-order valence-electron chi connectivity index (χ3n) is 5.12. The predicted octanol–water partition coefficient (Wildman–Crippen LogP) is 3.19. The molecule has 1 fully saturated rings. The van der Waals surface area contributed by atoms with Gasteiger partial charge in [0.2, 0.25) is 5.91 Å². The first-order chi connectivity index (χ1) is 13.2. The Morgan fingerprint density at radius 1 is 1.11 bits per heavy atom. The number of nitrogens with zero attached hydrogens (tertiary/aromatic N) is 2. The van der Waals surface area contributed by atoms with Gasteiger partial charge in [0.1, 0.15) is 5.82 Å². The standard InChI is InChI=1S/C22H30N4O/c1-18-8-9-21(25-16-18)23-12-5-13-24-22(27)17-26-14-10-20(11-15-26)19-6-3-2-4-7-19/h2-4,6-9,16,20H,5,10-15,17H2,1H3,(H,23,25)(H,24,27). The molecule has 5 nitrogen and oxygen atoms in total. The van der Waals surface area contributed by atoms with Crippen LogP contribution in [0.5, 0.6) is 0 Å². The van der Waals surface area contributed by atoms with Crippen molar-refractivity contribution in [1.29, 1.82) is 0 Å². The fourth-order valence-corrected chi connectivity index (χ4v) is 3.51. The van der Waals surface area contributed by atoms with E-state index in [0.717, 1.165) is 50.3 Å². The lowest BCUT2D eigenvalue weighted by molar-refractivity contribution is -0.122. The summed E-state index contributed by atoms with van der Waals surface area (Å²) in [7, 11) is 0. The first-order valence-corrected chi connectivity index (χ1v) is 9.91. The highest BCUT2D eigenvalue weighted by atomic mass is 16.2. The number of carbonyl (C=O) groups is 1. The summed E-state index contributed by atoms with van der Waals surface area (Å²) in [5, 5.41) is 6.30. The molecule has 144 valence electrons. The highest BCUT2D eigenvalue weighted by Crippen LogP contribution is 2.27. The van der Waals surface area contributed by atoms with Gasteiger partial charge < -0.3 is 10.6 Å². The van der Waals surface area contributed by atoms with Gasteiger partial charge in [-0.05, 0) is 62.4 Å². The highest BCUT2D eigenvalue weighted by molar-refractivity contribution is 5.78. The minimum absolute atomic E-state index is 0.127. The van der Waals surface area contributed by atoms with Crippen molar-refractivity contribution in [3.63, 3.8) is 0 Å². The first-order valence-electron chi connectivity index (χ1n) is 9.91. The number of carbonyl (C=O) groups excluding carboxylic acids is 1. The molecule has 1 aromatic heterocycles. The number of piperidine rings is 1. The lowest BCUT2D eigenvalue weighted by atomic mass is 9.89. The molecule has 0 aliphatic carbocycles. The monoisotopic (exact) mass is 366 g/mol. The molecule has 0 unspecified atom stereocenters. The molecular weight excluding hydrogens is 336 g/mol. The van der Waals surface area contributed by atoms with Gasteiger partial charge in [0, 0.05) is 19.3 Å². The zero-order valence-corrected chi connectivity index (χ0v) is 16.2. The summed E-state index contributed by atoms with van der Waals surface area (Å²) in [6.45, 7) is 6.02. The van der Waals surface area contributed by atoms with Crippen LogP contribution in [0.2, 0.25) is 0 Å². The van der Waals surface area contributed by atoms with Crippen molar-refractivity contribution in [3.8, 4) is 0 Å². The highest BCUT2D eigenvalue weighted by Gasteiger charge is 2.21. The second-order valence-corrected chi connectivity index (χ2v) is 7.31. The van der Waals surface area contributed by atoms with Crippen molar-refractivity contribution in [2.45, 2.75) is 32.1 Å². The Kier molecular flexibility index (Phi) is 7.22. The van der Waals surface area contributed by atoms with E-state index in [9.17, 15) is 4.79 Å². The second kappa shape index (κ2) is 10.1. The number of rotatable bonds is 8. The van der Waals surface area contributed by atoms with Gasteiger partial charge in [-0.15, -0.1) is 0 Å². The third-order valence-corrected chi connectivity index (χ3v) is 5.12. The number of benzene rings is 1. The molecule has 2 heterocycles. The number of amides is 1. The number of hydrogen-bond acceptors (Lipinski definition) is 4. The van der Waals surface area contributed by atoms with E-state index in [1.54, 1.807) is 0 Å². The molecule has 0 radical (unpaired) electrons. The molecule has 1 aliphatic heterocycles. The first kappa shape index (κ1) is 19.4. The van der Waals surface area contributed by atoms with Crippen molar-refractivity contribution in [2.24, 2.45) is 0 Å². The Labute approximate surface area is 162 Å². The van der Waals surface area contributed by atoms with Crippen LogP contribution in [0.1, 0.15) is 36.3 Å². The quantitative estimate of drug-likeness (QED) is 0.705. The van der Waals surface area contributed by atoms with Crippen molar-refractivity contribution in [1.82, 2.24) is 15.2 Å². The van der Waals surface area contributed by atoms with Gasteiger partial charge in [0.15, 0.2) is 0 Å². The maximum atomic E-state index is 12.1. The fraction of sp³-hybridized carbons (Fsp3) is 0.455. The molecular formula is C22H30N4O. The SMILES string of the molecule is Cc1ccc(NCCCNC(=O)CN2CCC(c3ccccc3)CC2)nc1. The van der Waals surface area contributed by atoms with Crippen molar-refractivity contribution >= 4 is 11.7 Å². The van der Waals surface area contributed by atoms with Crippen LogP contribution in [0, 0.1) is 6.92 Å². The lowest BCUT2D eigenvalue weighted by Gasteiger charge is -2.31. The smallest absolute Gasteiger partial charge is 0.234 e. The molecule has 1 saturated heterocycles. The molecule has 1 aliphatic rings. The Balaban J connectivity index is 1.27. The fourth-order valence-electron chi connectivity index (χ4n) is 3.51. The summed E-state index contributed by atoms with van der Waals surface area (Å²) >= 11 is 0. The molecule has 1 aromatic carbocycles.